The molecule has 3 amide bonds. The average Bonchev–Trinajstić information content (AvgIpc) is 3.22. The van der Waals surface area contributed by atoms with E-state index < -0.39 is 6.04 Å². The zero-order chi connectivity index (χ0) is 23.7. The van der Waals surface area contributed by atoms with Gasteiger partial charge >= 0.3 is 0 Å². The fourth-order valence-electron chi connectivity index (χ4n) is 4.51. The largest absolute Gasteiger partial charge is 0.449 e. The molecule has 1 atom stereocenters. The van der Waals surface area contributed by atoms with E-state index >= 15 is 0 Å². The Balaban J connectivity index is 1.45. The Bertz CT molecular complexity index is 1290. The van der Waals surface area contributed by atoms with Crippen LogP contribution in [0.3, 0.4) is 0 Å². The number of furan rings is 1. The van der Waals surface area contributed by atoms with Gasteiger partial charge in [0.25, 0.3) is 5.91 Å². The number of amides is 3. The van der Waals surface area contributed by atoms with Gasteiger partial charge in [0.2, 0.25) is 17.6 Å². The summed E-state index contributed by atoms with van der Waals surface area (Å²) >= 11 is 0. The van der Waals surface area contributed by atoms with Crippen LogP contribution in [0, 0.1) is 0 Å². The van der Waals surface area contributed by atoms with Crippen molar-refractivity contribution in [1.29, 1.82) is 0 Å². The molecule has 0 unspecified atom stereocenters. The maximum Gasteiger partial charge on any atom is 0.291 e. The Hall–Kier alpha value is -3.91. The first-order valence-electron chi connectivity index (χ1n) is 11.3. The molecule has 3 aromatic rings. The fourth-order valence-corrected chi connectivity index (χ4v) is 4.51. The van der Waals surface area contributed by atoms with E-state index in [1.807, 2.05) is 48.5 Å². The Morgan fingerprint density at radius 3 is 2.56 bits per heavy atom. The summed E-state index contributed by atoms with van der Waals surface area (Å²) < 4.78 is 11.2. The highest BCUT2D eigenvalue weighted by Gasteiger charge is 2.31. The number of ether oxygens (including phenoxy) is 1. The molecule has 0 saturated carbocycles. The molecule has 8 nitrogen and oxygen atoms in total. The fraction of sp³-hybridized carbons (Fsp3) is 0.269. The second-order valence-corrected chi connectivity index (χ2v) is 8.35. The third kappa shape index (κ3) is 4.08. The van der Waals surface area contributed by atoms with Crippen molar-refractivity contribution in [2.45, 2.75) is 19.4 Å². The van der Waals surface area contributed by atoms with Crippen LogP contribution in [0.1, 0.15) is 41.1 Å². The second kappa shape index (κ2) is 9.15. The smallest absolute Gasteiger partial charge is 0.291 e. The summed E-state index contributed by atoms with van der Waals surface area (Å²) in [6.45, 7) is 3.32. The summed E-state index contributed by atoms with van der Waals surface area (Å²) in [5, 5.41) is 3.57. The van der Waals surface area contributed by atoms with Crippen LogP contribution in [0.25, 0.3) is 17.0 Å². The van der Waals surface area contributed by atoms with Crippen molar-refractivity contribution in [1.82, 2.24) is 9.80 Å². The second-order valence-electron chi connectivity index (χ2n) is 8.35. The molecular formula is C26H25N3O5. The quantitative estimate of drug-likeness (QED) is 0.641. The molecule has 1 saturated heterocycles. The third-order valence-electron chi connectivity index (χ3n) is 6.20. The standard InChI is InChI=1S/C26H25N3O5/c1-17(30)29-11-10-18-6-2-3-7-19(18)21(29)16-23(31)27-24-20-8-4-5-9-22(20)34-25(24)26(32)28-12-14-33-15-13-28/h2-11,21H,12-16H2,1H3,(H,27,31)/t21-/m1/s1. The first-order valence-corrected chi connectivity index (χ1v) is 11.3. The number of carbonyl (C=O) groups excluding carboxylic acids is 3. The van der Waals surface area contributed by atoms with Gasteiger partial charge in [-0.05, 0) is 29.3 Å². The van der Waals surface area contributed by atoms with Gasteiger partial charge in [-0.15, -0.1) is 0 Å². The Morgan fingerprint density at radius 1 is 1.03 bits per heavy atom. The van der Waals surface area contributed by atoms with Crippen LogP contribution >= 0.6 is 0 Å². The lowest BCUT2D eigenvalue weighted by Crippen LogP contribution is -2.40. The molecule has 174 valence electrons. The molecule has 0 radical (unpaired) electrons. The van der Waals surface area contributed by atoms with Gasteiger partial charge in [-0.1, -0.05) is 36.4 Å². The number of nitrogens with zero attached hydrogens (tertiary/aromatic N) is 2. The Kier molecular flexibility index (Phi) is 5.90. The van der Waals surface area contributed by atoms with E-state index in [1.54, 1.807) is 22.1 Å². The molecule has 1 aromatic heterocycles. The Morgan fingerprint density at radius 2 is 1.76 bits per heavy atom. The zero-order valence-electron chi connectivity index (χ0n) is 18.8. The molecule has 2 aliphatic rings. The summed E-state index contributed by atoms with van der Waals surface area (Å²) in [6.07, 6.45) is 3.61. The minimum atomic E-state index is -0.449. The van der Waals surface area contributed by atoms with Crippen LogP contribution in [-0.4, -0.2) is 53.8 Å². The van der Waals surface area contributed by atoms with Gasteiger partial charge in [0.15, 0.2) is 0 Å². The first kappa shape index (κ1) is 21.9. The molecule has 2 aromatic carbocycles. The summed E-state index contributed by atoms with van der Waals surface area (Å²) in [6, 6.07) is 14.5. The van der Waals surface area contributed by atoms with Crippen LogP contribution in [-0.2, 0) is 14.3 Å². The SMILES string of the molecule is CC(=O)N1C=Cc2ccccc2[C@H]1CC(=O)Nc1c(C(=O)N2CCOCC2)oc2ccccc12. The number of benzene rings is 2. The van der Waals surface area contributed by atoms with Gasteiger partial charge < -0.3 is 24.3 Å². The monoisotopic (exact) mass is 459 g/mol. The predicted molar refractivity (Wildman–Crippen MR) is 127 cm³/mol. The lowest BCUT2D eigenvalue weighted by molar-refractivity contribution is -0.129. The number of anilines is 1. The van der Waals surface area contributed by atoms with E-state index in [2.05, 4.69) is 5.32 Å². The van der Waals surface area contributed by atoms with Crippen molar-refractivity contribution in [3.8, 4) is 0 Å². The van der Waals surface area contributed by atoms with Crippen molar-refractivity contribution < 1.29 is 23.5 Å². The summed E-state index contributed by atoms with van der Waals surface area (Å²) in [7, 11) is 0. The van der Waals surface area contributed by atoms with Crippen molar-refractivity contribution in [3.63, 3.8) is 0 Å². The molecule has 0 bridgehead atoms. The van der Waals surface area contributed by atoms with Crippen LogP contribution < -0.4 is 5.32 Å². The van der Waals surface area contributed by atoms with Gasteiger partial charge in [0.1, 0.15) is 11.3 Å². The normalized spacial score (nSPS) is 17.5. The summed E-state index contributed by atoms with van der Waals surface area (Å²) in [5.41, 5.74) is 2.74. The topological polar surface area (TPSA) is 92.1 Å². The van der Waals surface area contributed by atoms with Gasteiger partial charge in [-0.2, -0.15) is 0 Å². The molecule has 8 heteroatoms. The zero-order valence-corrected chi connectivity index (χ0v) is 18.8. The van der Waals surface area contributed by atoms with Gasteiger partial charge in [0, 0.05) is 31.6 Å². The number of nitrogens with one attached hydrogen (secondary N) is 1. The minimum absolute atomic E-state index is 0.0334. The molecular weight excluding hydrogens is 434 g/mol. The summed E-state index contributed by atoms with van der Waals surface area (Å²) in [5.74, 6) is -0.653. The van der Waals surface area contributed by atoms with Gasteiger partial charge in [0.05, 0.1) is 25.7 Å². The average molecular weight is 460 g/mol. The van der Waals surface area contributed by atoms with E-state index in [0.717, 1.165) is 11.1 Å². The van der Waals surface area contributed by atoms with Crippen molar-refractivity contribution in [2.75, 3.05) is 31.6 Å². The highest BCUT2D eigenvalue weighted by molar-refractivity contribution is 6.11. The molecule has 3 heterocycles. The molecule has 0 spiro atoms. The predicted octanol–water partition coefficient (Wildman–Crippen LogP) is 3.81. The molecule has 5 rings (SSSR count). The van der Waals surface area contributed by atoms with E-state index in [-0.39, 0.29) is 29.9 Å². The Labute approximate surface area is 196 Å². The number of morpholine rings is 1. The highest BCUT2D eigenvalue weighted by atomic mass is 16.5. The van der Waals surface area contributed by atoms with E-state index in [9.17, 15) is 14.4 Å². The van der Waals surface area contributed by atoms with E-state index in [0.29, 0.717) is 43.0 Å². The van der Waals surface area contributed by atoms with Crippen LogP contribution in [0.2, 0.25) is 0 Å². The maximum atomic E-state index is 13.3. The third-order valence-corrected chi connectivity index (χ3v) is 6.20. The van der Waals surface area contributed by atoms with Crippen molar-refractivity contribution in [2.24, 2.45) is 0 Å². The molecule has 0 aliphatic carbocycles. The lowest BCUT2D eigenvalue weighted by Gasteiger charge is -2.32. The highest BCUT2D eigenvalue weighted by Crippen LogP contribution is 2.35. The van der Waals surface area contributed by atoms with Crippen molar-refractivity contribution in [3.05, 3.63) is 71.6 Å². The van der Waals surface area contributed by atoms with Gasteiger partial charge in [-0.3, -0.25) is 14.4 Å². The lowest BCUT2D eigenvalue weighted by atomic mass is 9.93. The number of carbonyl (C=O) groups is 3. The summed E-state index contributed by atoms with van der Waals surface area (Å²) in [4.78, 5) is 42.0. The number of rotatable bonds is 4. The van der Waals surface area contributed by atoms with Crippen LogP contribution in [0.4, 0.5) is 5.69 Å². The van der Waals surface area contributed by atoms with E-state index in [1.165, 1.54) is 6.92 Å². The number of hydrogen-bond donors (Lipinski definition) is 1. The van der Waals surface area contributed by atoms with Crippen molar-refractivity contribution >= 4 is 40.5 Å². The molecule has 2 aliphatic heterocycles. The molecule has 1 fully saturated rings. The number of hydrogen-bond acceptors (Lipinski definition) is 5. The number of fused-ring (bicyclic) bond motifs is 2. The maximum absolute atomic E-state index is 13.3. The van der Waals surface area contributed by atoms with Gasteiger partial charge in [-0.25, -0.2) is 0 Å². The minimum Gasteiger partial charge on any atom is -0.449 e. The van der Waals surface area contributed by atoms with Crippen LogP contribution in [0.15, 0.2) is 59.1 Å². The molecule has 1 N–H and O–H groups in total. The molecule has 34 heavy (non-hydrogen) atoms. The number of para-hydroxylation sites is 1. The van der Waals surface area contributed by atoms with E-state index in [4.69, 9.17) is 9.15 Å². The first-order chi connectivity index (χ1) is 16.5. The van der Waals surface area contributed by atoms with Crippen LogP contribution in [0.5, 0.6) is 0 Å².